The molecule has 0 spiro atoms. The third-order valence-corrected chi connectivity index (χ3v) is 3.36. The van der Waals surface area contributed by atoms with Crippen LogP contribution in [-0.4, -0.2) is 13.1 Å². The average Bonchev–Trinajstić information content (AvgIpc) is 2.24. The molecule has 0 aliphatic heterocycles. The Morgan fingerprint density at radius 3 is 2.69 bits per heavy atom. The molecule has 90 valence electrons. The van der Waals surface area contributed by atoms with Crippen LogP contribution in [0.4, 0.5) is 0 Å². The van der Waals surface area contributed by atoms with Gasteiger partial charge < -0.3 is 11.1 Å². The molecule has 0 saturated heterocycles. The minimum absolute atomic E-state index is 0.562. The van der Waals surface area contributed by atoms with Crippen molar-refractivity contribution in [3.8, 4) is 0 Å². The Bertz CT molecular complexity index is 313. The molecule has 1 unspecified atom stereocenters. The molecule has 0 saturated carbocycles. The molecule has 0 aliphatic carbocycles. The van der Waals surface area contributed by atoms with Gasteiger partial charge in [0.25, 0.3) is 0 Å². The molecule has 1 atom stereocenters. The fourth-order valence-corrected chi connectivity index (χ4v) is 2.09. The zero-order valence-corrected chi connectivity index (χ0v) is 11.6. The van der Waals surface area contributed by atoms with Gasteiger partial charge in [-0.1, -0.05) is 41.9 Å². The van der Waals surface area contributed by atoms with Crippen molar-refractivity contribution in [1.29, 1.82) is 0 Å². The summed E-state index contributed by atoms with van der Waals surface area (Å²) in [7, 11) is 0. The summed E-state index contributed by atoms with van der Waals surface area (Å²) in [5.74, 6) is 1.20. The topological polar surface area (TPSA) is 38.0 Å². The second-order valence-electron chi connectivity index (χ2n) is 4.50. The van der Waals surface area contributed by atoms with Crippen LogP contribution in [0.5, 0.6) is 0 Å². The van der Waals surface area contributed by atoms with E-state index in [2.05, 4.69) is 53.3 Å². The highest BCUT2D eigenvalue weighted by atomic mass is 79.9. The van der Waals surface area contributed by atoms with Crippen LogP contribution in [0.3, 0.4) is 0 Å². The van der Waals surface area contributed by atoms with Crippen molar-refractivity contribution in [2.75, 3.05) is 13.1 Å². The molecule has 0 fully saturated rings. The number of hydrogen-bond donors (Lipinski definition) is 2. The maximum absolute atomic E-state index is 5.73. The zero-order chi connectivity index (χ0) is 12.0. The minimum Gasteiger partial charge on any atom is -0.330 e. The molecule has 0 bridgehead atoms. The van der Waals surface area contributed by atoms with E-state index in [-0.39, 0.29) is 0 Å². The Hall–Kier alpha value is -0.380. The lowest BCUT2D eigenvalue weighted by Gasteiger charge is -2.19. The summed E-state index contributed by atoms with van der Waals surface area (Å²) in [5, 5.41) is 3.46. The van der Waals surface area contributed by atoms with Gasteiger partial charge in [-0.15, -0.1) is 0 Å². The quantitative estimate of drug-likeness (QED) is 0.843. The van der Waals surface area contributed by atoms with E-state index in [1.807, 2.05) is 6.07 Å². The lowest BCUT2D eigenvalue weighted by molar-refractivity contribution is 0.370. The summed E-state index contributed by atoms with van der Waals surface area (Å²) < 4.78 is 1.13. The molecule has 0 aromatic heterocycles. The molecule has 0 aliphatic rings. The molecular weight excluding hydrogens is 264 g/mol. The van der Waals surface area contributed by atoms with Crippen molar-refractivity contribution in [3.05, 3.63) is 34.3 Å². The van der Waals surface area contributed by atoms with E-state index in [1.54, 1.807) is 0 Å². The van der Waals surface area contributed by atoms with Crippen LogP contribution in [0.25, 0.3) is 0 Å². The highest BCUT2D eigenvalue weighted by Gasteiger charge is 2.10. The van der Waals surface area contributed by atoms with E-state index in [1.165, 1.54) is 5.56 Å². The lowest BCUT2D eigenvalue weighted by atomic mass is 9.96. The molecular formula is C13H21BrN2. The molecule has 0 amide bonds. The van der Waals surface area contributed by atoms with Crippen LogP contribution in [0.2, 0.25) is 0 Å². The summed E-state index contributed by atoms with van der Waals surface area (Å²) in [6.45, 7) is 7.09. The van der Waals surface area contributed by atoms with Crippen LogP contribution in [0.1, 0.15) is 19.4 Å². The summed E-state index contributed by atoms with van der Waals surface area (Å²) in [6.07, 6.45) is 0. The van der Waals surface area contributed by atoms with Gasteiger partial charge in [-0.2, -0.15) is 0 Å². The summed E-state index contributed by atoms with van der Waals surface area (Å²) in [6, 6.07) is 8.37. The largest absolute Gasteiger partial charge is 0.330 e. The van der Waals surface area contributed by atoms with Crippen molar-refractivity contribution in [2.45, 2.75) is 20.4 Å². The first-order chi connectivity index (χ1) is 7.63. The van der Waals surface area contributed by atoms with Gasteiger partial charge in [0, 0.05) is 11.0 Å². The van der Waals surface area contributed by atoms with E-state index in [0.29, 0.717) is 11.8 Å². The van der Waals surface area contributed by atoms with Gasteiger partial charge in [0.15, 0.2) is 0 Å². The van der Waals surface area contributed by atoms with Gasteiger partial charge in [0.1, 0.15) is 0 Å². The van der Waals surface area contributed by atoms with Crippen molar-refractivity contribution >= 4 is 15.9 Å². The standard InChI is InChI=1S/C13H21BrN2/c1-10(2)12(7-15)9-16-8-11-4-3-5-13(14)6-11/h3-6,10,12,16H,7-9,15H2,1-2H3. The second kappa shape index (κ2) is 7.05. The van der Waals surface area contributed by atoms with Gasteiger partial charge in [-0.3, -0.25) is 0 Å². The third-order valence-electron chi connectivity index (χ3n) is 2.87. The first-order valence-electron chi connectivity index (χ1n) is 5.78. The molecule has 1 aromatic carbocycles. The van der Waals surface area contributed by atoms with E-state index in [0.717, 1.165) is 24.1 Å². The van der Waals surface area contributed by atoms with E-state index < -0.39 is 0 Å². The Morgan fingerprint density at radius 2 is 2.12 bits per heavy atom. The van der Waals surface area contributed by atoms with Crippen LogP contribution >= 0.6 is 15.9 Å². The smallest absolute Gasteiger partial charge is 0.0206 e. The van der Waals surface area contributed by atoms with Crippen molar-refractivity contribution in [1.82, 2.24) is 5.32 Å². The number of benzene rings is 1. The van der Waals surface area contributed by atoms with Crippen LogP contribution in [-0.2, 0) is 6.54 Å². The molecule has 1 aromatic rings. The Labute approximate surface area is 107 Å². The minimum atomic E-state index is 0.562. The van der Waals surface area contributed by atoms with E-state index in [9.17, 15) is 0 Å². The Balaban J connectivity index is 2.35. The molecule has 0 heterocycles. The number of nitrogens with two attached hydrogens (primary N) is 1. The second-order valence-corrected chi connectivity index (χ2v) is 5.42. The fourth-order valence-electron chi connectivity index (χ4n) is 1.64. The normalized spacial score (nSPS) is 13.1. The van der Waals surface area contributed by atoms with E-state index in [4.69, 9.17) is 5.73 Å². The van der Waals surface area contributed by atoms with Crippen molar-refractivity contribution in [2.24, 2.45) is 17.6 Å². The van der Waals surface area contributed by atoms with Crippen molar-refractivity contribution < 1.29 is 0 Å². The van der Waals surface area contributed by atoms with Crippen molar-refractivity contribution in [3.63, 3.8) is 0 Å². The SMILES string of the molecule is CC(C)C(CN)CNCc1cccc(Br)c1. The number of rotatable bonds is 6. The summed E-state index contributed by atoms with van der Waals surface area (Å²) >= 11 is 3.47. The zero-order valence-electron chi connectivity index (χ0n) is 10.0. The summed E-state index contributed by atoms with van der Waals surface area (Å²) in [4.78, 5) is 0. The highest BCUT2D eigenvalue weighted by molar-refractivity contribution is 9.10. The number of halogens is 1. The molecule has 0 radical (unpaired) electrons. The average molecular weight is 285 g/mol. The molecule has 3 N–H and O–H groups in total. The monoisotopic (exact) mass is 284 g/mol. The number of nitrogens with one attached hydrogen (secondary N) is 1. The van der Waals surface area contributed by atoms with Gasteiger partial charge in [-0.05, 0) is 42.6 Å². The maximum atomic E-state index is 5.73. The third kappa shape index (κ3) is 4.64. The predicted molar refractivity (Wildman–Crippen MR) is 73.2 cm³/mol. The first-order valence-corrected chi connectivity index (χ1v) is 6.58. The summed E-state index contributed by atoms with van der Waals surface area (Å²) in [5.41, 5.74) is 7.03. The van der Waals surface area contributed by atoms with Crippen LogP contribution in [0, 0.1) is 11.8 Å². The van der Waals surface area contributed by atoms with Gasteiger partial charge in [0.2, 0.25) is 0 Å². The van der Waals surface area contributed by atoms with Gasteiger partial charge in [-0.25, -0.2) is 0 Å². The Kier molecular flexibility index (Phi) is 6.03. The van der Waals surface area contributed by atoms with E-state index >= 15 is 0 Å². The molecule has 1 rings (SSSR count). The molecule has 3 heteroatoms. The van der Waals surface area contributed by atoms with Crippen LogP contribution in [0.15, 0.2) is 28.7 Å². The Morgan fingerprint density at radius 1 is 1.38 bits per heavy atom. The first kappa shape index (κ1) is 13.7. The number of hydrogen-bond acceptors (Lipinski definition) is 2. The lowest BCUT2D eigenvalue weighted by Crippen LogP contribution is -2.31. The predicted octanol–water partition coefficient (Wildman–Crippen LogP) is 2.77. The molecule has 16 heavy (non-hydrogen) atoms. The maximum Gasteiger partial charge on any atom is 0.0206 e. The van der Waals surface area contributed by atoms with Crippen LogP contribution < -0.4 is 11.1 Å². The van der Waals surface area contributed by atoms with Gasteiger partial charge in [0.05, 0.1) is 0 Å². The molecule has 2 nitrogen and oxygen atoms in total. The van der Waals surface area contributed by atoms with Gasteiger partial charge >= 0.3 is 0 Å². The fraction of sp³-hybridized carbons (Fsp3) is 0.538. The highest BCUT2D eigenvalue weighted by Crippen LogP contribution is 2.12.